The Bertz CT molecular complexity index is 211. The van der Waals surface area contributed by atoms with Crippen molar-refractivity contribution in [2.75, 3.05) is 0 Å². The first-order valence-electron chi connectivity index (χ1n) is 3.10. The molecule has 0 saturated carbocycles. The molecule has 0 unspecified atom stereocenters. The van der Waals surface area contributed by atoms with Gasteiger partial charge in [-0.1, -0.05) is 0 Å². The molecule has 0 bridgehead atoms. The molecule has 0 aliphatic carbocycles. The molecule has 0 aromatic rings. The van der Waals surface area contributed by atoms with Gasteiger partial charge in [0.1, 0.15) is 0 Å². The molecule has 10 heavy (non-hydrogen) atoms. The van der Waals surface area contributed by atoms with Crippen molar-refractivity contribution < 1.29 is 0 Å². The summed E-state index contributed by atoms with van der Waals surface area (Å²) >= 11 is 5.02. The molecule has 0 N–H and O–H groups in total. The van der Waals surface area contributed by atoms with E-state index in [1.807, 2.05) is 30.4 Å². The summed E-state index contributed by atoms with van der Waals surface area (Å²) in [5, 5.41) is 0. The first kappa shape index (κ1) is 8.27. The van der Waals surface area contributed by atoms with Crippen LogP contribution in [0.2, 0.25) is 0 Å². The SMILES string of the molecule is Cl[C]1=CC=CC=CC=[CH][Tl]1. The van der Waals surface area contributed by atoms with Gasteiger partial charge in [-0.15, -0.1) is 0 Å². The van der Waals surface area contributed by atoms with Crippen LogP contribution >= 0.6 is 11.6 Å². The molecule has 0 fully saturated rings. The van der Waals surface area contributed by atoms with Crippen LogP contribution in [0.15, 0.2) is 42.7 Å². The third-order valence-corrected chi connectivity index (χ3v) is 5.90. The molecule has 0 nitrogen and oxygen atoms in total. The van der Waals surface area contributed by atoms with E-state index >= 15 is 0 Å². The summed E-state index contributed by atoms with van der Waals surface area (Å²) in [6, 6.07) is 0. The first-order chi connectivity index (χ1) is 4.89. The van der Waals surface area contributed by atoms with Crippen LogP contribution in [0.3, 0.4) is 0 Å². The normalized spacial score (nSPS) is 15.9. The average Bonchev–Trinajstić information content (AvgIpc) is 2.02. The van der Waals surface area contributed by atoms with E-state index in [9.17, 15) is 0 Å². The Morgan fingerprint density at radius 3 is 2.60 bits per heavy atom. The molecule has 1 rings (SSSR count). The van der Waals surface area contributed by atoms with E-state index in [1.54, 1.807) is 0 Å². The molecule has 1 aliphatic rings. The van der Waals surface area contributed by atoms with E-state index in [-0.39, 0.29) is 0 Å². The number of hydrogen-bond donors (Lipinski definition) is 0. The maximum absolute atomic E-state index is 5.89. The Morgan fingerprint density at radius 1 is 1.00 bits per heavy atom. The minimum absolute atomic E-state index is 0.869. The molecule has 0 amide bonds. The second-order valence-corrected chi connectivity index (χ2v) is 8.94. The Balaban J connectivity index is 2.70. The molecule has 0 spiro atoms. The number of rotatable bonds is 0. The Morgan fingerprint density at radius 2 is 1.70 bits per heavy atom. The number of allylic oxidation sites excluding steroid dienone is 6. The average molecular weight is 343 g/mol. The van der Waals surface area contributed by atoms with Gasteiger partial charge in [0, 0.05) is 0 Å². The van der Waals surface area contributed by atoms with Crippen molar-refractivity contribution in [3.8, 4) is 0 Å². The van der Waals surface area contributed by atoms with Gasteiger partial charge >= 0.3 is 78.5 Å². The van der Waals surface area contributed by atoms with Crippen molar-refractivity contribution in [2.45, 2.75) is 0 Å². The minimum atomic E-state index is -0.869. The van der Waals surface area contributed by atoms with Gasteiger partial charge in [-0.3, -0.25) is 0 Å². The molecule has 0 radical (unpaired) electrons. The van der Waals surface area contributed by atoms with Crippen LogP contribution in [0.1, 0.15) is 0 Å². The Kier molecular flexibility index (Phi) is 4.06. The maximum atomic E-state index is 5.89. The molecule has 0 aromatic carbocycles. The predicted molar refractivity (Wildman–Crippen MR) is 47.1 cm³/mol. The van der Waals surface area contributed by atoms with Gasteiger partial charge in [0.15, 0.2) is 0 Å². The standard InChI is InChI=1S/C8H7Cl.Tl/c1-2-3-4-5-6-7-8-9;/h1-7H;. The van der Waals surface area contributed by atoms with Crippen molar-refractivity contribution in [3.63, 3.8) is 0 Å². The zero-order valence-corrected chi connectivity index (χ0v) is 10.7. The second kappa shape index (κ2) is 4.91. The zero-order chi connectivity index (χ0) is 7.23. The number of hydrogen-bond acceptors (Lipinski definition) is 0. The van der Waals surface area contributed by atoms with Crippen LogP contribution in [0, 0.1) is 0 Å². The monoisotopic (exact) mass is 343 g/mol. The van der Waals surface area contributed by atoms with E-state index < -0.39 is 24.2 Å². The third-order valence-electron chi connectivity index (χ3n) is 1.07. The molecule has 0 atom stereocenters. The summed E-state index contributed by atoms with van der Waals surface area (Å²) in [6.45, 7) is 0. The van der Waals surface area contributed by atoms with E-state index in [1.165, 1.54) is 0 Å². The Hall–Kier alpha value is 0.172. The fraction of sp³-hybridized carbons (Fsp3) is 0. The fourth-order valence-electron chi connectivity index (χ4n) is 0.607. The van der Waals surface area contributed by atoms with Crippen LogP contribution in [0.4, 0.5) is 0 Å². The summed E-state index contributed by atoms with van der Waals surface area (Å²) in [4.78, 5) is 0. The van der Waals surface area contributed by atoms with Crippen LogP contribution in [0.25, 0.3) is 0 Å². The summed E-state index contributed by atoms with van der Waals surface area (Å²) in [7, 11) is 0. The molecule has 1 aliphatic heterocycles. The molecule has 0 aromatic heterocycles. The molecule has 1 heterocycles. The second-order valence-electron chi connectivity index (χ2n) is 1.87. The van der Waals surface area contributed by atoms with Gasteiger partial charge in [0.25, 0.3) is 0 Å². The van der Waals surface area contributed by atoms with Gasteiger partial charge < -0.3 is 0 Å². The van der Waals surface area contributed by atoms with Crippen molar-refractivity contribution in [3.05, 3.63) is 42.7 Å². The predicted octanol–water partition coefficient (Wildman–Crippen LogP) is 2.41. The van der Waals surface area contributed by atoms with Gasteiger partial charge in [-0.2, -0.15) is 0 Å². The number of halogens is 1. The van der Waals surface area contributed by atoms with Crippen molar-refractivity contribution >= 4 is 35.8 Å². The zero-order valence-electron chi connectivity index (χ0n) is 5.50. The van der Waals surface area contributed by atoms with E-state index in [4.69, 9.17) is 11.6 Å². The quantitative estimate of drug-likeness (QED) is 0.593. The van der Waals surface area contributed by atoms with Crippen molar-refractivity contribution in [2.24, 2.45) is 0 Å². The Labute approximate surface area is 78.2 Å². The topological polar surface area (TPSA) is 0 Å². The van der Waals surface area contributed by atoms with Gasteiger partial charge in [0.05, 0.1) is 0 Å². The molecule has 49 valence electrons. The van der Waals surface area contributed by atoms with E-state index in [0.29, 0.717) is 0 Å². The van der Waals surface area contributed by atoms with E-state index in [0.717, 1.165) is 2.59 Å². The van der Waals surface area contributed by atoms with Crippen LogP contribution in [-0.2, 0) is 0 Å². The summed E-state index contributed by atoms with van der Waals surface area (Å²) in [6.07, 6.45) is 12.1. The van der Waals surface area contributed by atoms with Crippen molar-refractivity contribution in [1.29, 1.82) is 0 Å². The first-order valence-corrected chi connectivity index (χ1v) is 8.31. The molecule has 2 heteroatoms. The van der Waals surface area contributed by atoms with Crippen LogP contribution in [0.5, 0.6) is 0 Å². The van der Waals surface area contributed by atoms with E-state index in [2.05, 4.69) is 9.71 Å². The molecular formula is C8H7ClTl. The summed E-state index contributed by atoms with van der Waals surface area (Å²) in [5.74, 6) is 0. The van der Waals surface area contributed by atoms with Gasteiger partial charge in [-0.25, -0.2) is 0 Å². The molecular weight excluding hydrogens is 336 g/mol. The fourth-order valence-corrected chi connectivity index (χ4v) is 3.83. The third kappa shape index (κ3) is 3.37. The van der Waals surface area contributed by atoms with Crippen molar-refractivity contribution in [1.82, 2.24) is 0 Å². The van der Waals surface area contributed by atoms with Gasteiger partial charge in [-0.05, 0) is 0 Å². The van der Waals surface area contributed by atoms with Gasteiger partial charge in [0.2, 0.25) is 0 Å². The summed E-state index contributed by atoms with van der Waals surface area (Å²) in [5.41, 5.74) is 0. The van der Waals surface area contributed by atoms with Crippen LogP contribution < -0.4 is 0 Å². The van der Waals surface area contributed by atoms with Crippen LogP contribution in [-0.4, -0.2) is 24.2 Å². The summed E-state index contributed by atoms with van der Waals surface area (Å²) < 4.78 is 3.32. The molecule has 0 saturated heterocycles.